The summed E-state index contributed by atoms with van der Waals surface area (Å²) in [7, 11) is 0. The number of nitrogens with zero attached hydrogens (tertiary/aromatic N) is 1. The standard InChI is InChI=1S/C14H17N3O/c1-8-5-6-12(7-9(8)2)16-14-15-11(4)10(3)13(18)17-14/h5-7H,1-4H3,(H2,15,16,17,18). The lowest BCUT2D eigenvalue weighted by Gasteiger charge is -2.09. The van der Waals surface area contributed by atoms with Gasteiger partial charge in [0, 0.05) is 16.9 Å². The lowest BCUT2D eigenvalue weighted by Crippen LogP contribution is -2.15. The number of rotatable bonds is 2. The Kier molecular flexibility index (Phi) is 3.19. The summed E-state index contributed by atoms with van der Waals surface area (Å²) in [6, 6.07) is 6.04. The molecule has 4 nitrogen and oxygen atoms in total. The first kappa shape index (κ1) is 12.4. The highest BCUT2D eigenvalue weighted by Crippen LogP contribution is 2.17. The van der Waals surface area contributed by atoms with Gasteiger partial charge in [0.2, 0.25) is 5.95 Å². The minimum absolute atomic E-state index is 0.103. The van der Waals surface area contributed by atoms with Crippen LogP contribution < -0.4 is 10.9 Å². The van der Waals surface area contributed by atoms with Crippen LogP contribution in [-0.2, 0) is 0 Å². The molecule has 0 aliphatic heterocycles. The molecule has 0 spiro atoms. The van der Waals surface area contributed by atoms with Gasteiger partial charge in [0.05, 0.1) is 0 Å². The maximum atomic E-state index is 11.6. The predicted octanol–water partition coefficient (Wildman–Crippen LogP) is 2.75. The molecule has 2 N–H and O–H groups in total. The molecule has 1 aromatic heterocycles. The fourth-order valence-corrected chi connectivity index (χ4v) is 1.66. The van der Waals surface area contributed by atoms with Crippen LogP contribution >= 0.6 is 0 Å². The molecule has 4 heteroatoms. The molecule has 0 atom stereocenters. The molecular formula is C14H17N3O. The van der Waals surface area contributed by atoms with Crippen LogP contribution in [0.3, 0.4) is 0 Å². The summed E-state index contributed by atoms with van der Waals surface area (Å²) in [5.41, 5.74) is 4.65. The van der Waals surface area contributed by atoms with Gasteiger partial charge >= 0.3 is 0 Å². The van der Waals surface area contributed by atoms with E-state index < -0.39 is 0 Å². The summed E-state index contributed by atoms with van der Waals surface area (Å²) in [5, 5.41) is 3.11. The van der Waals surface area contributed by atoms with Gasteiger partial charge < -0.3 is 5.32 Å². The van der Waals surface area contributed by atoms with Crippen molar-refractivity contribution in [3.05, 3.63) is 50.9 Å². The third-order valence-electron chi connectivity index (χ3n) is 3.16. The Morgan fingerprint density at radius 1 is 1.11 bits per heavy atom. The first-order chi connectivity index (χ1) is 8.47. The average molecular weight is 243 g/mol. The van der Waals surface area contributed by atoms with E-state index in [4.69, 9.17) is 0 Å². The van der Waals surface area contributed by atoms with Crippen molar-refractivity contribution >= 4 is 11.6 Å². The molecule has 0 saturated carbocycles. The van der Waals surface area contributed by atoms with Crippen LogP contribution in [0.2, 0.25) is 0 Å². The highest BCUT2D eigenvalue weighted by Gasteiger charge is 2.04. The van der Waals surface area contributed by atoms with E-state index in [9.17, 15) is 4.79 Å². The molecule has 94 valence electrons. The molecule has 0 unspecified atom stereocenters. The fourth-order valence-electron chi connectivity index (χ4n) is 1.66. The summed E-state index contributed by atoms with van der Waals surface area (Å²) < 4.78 is 0. The number of hydrogen-bond donors (Lipinski definition) is 2. The first-order valence-corrected chi connectivity index (χ1v) is 5.89. The Morgan fingerprint density at radius 2 is 1.83 bits per heavy atom. The van der Waals surface area contributed by atoms with Crippen LogP contribution in [0.5, 0.6) is 0 Å². The molecule has 0 aliphatic rings. The number of anilines is 2. The number of hydrogen-bond acceptors (Lipinski definition) is 3. The normalized spacial score (nSPS) is 10.4. The highest BCUT2D eigenvalue weighted by molar-refractivity contribution is 5.55. The first-order valence-electron chi connectivity index (χ1n) is 5.89. The summed E-state index contributed by atoms with van der Waals surface area (Å²) in [4.78, 5) is 18.7. The van der Waals surface area contributed by atoms with Gasteiger partial charge in [-0.05, 0) is 51.0 Å². The van der Waals surface area contributed by atoms with Crippen LogP contribution in [0.1, 0.15) is 22.4 Å². The van der Waals surface area contributed by atoms with Crippen LogP contribution in [-0.4, -0.2) is 9.97 Å². The van der Waals surface area contributed by atoms with Crippen molar-refractivity contribution in [2.24, 2.45) is 0 Å². The van der Waals surface area contributed by atoms with Gasteiger partial charge in [-0.3, -0.25) is 9.78 Å². The monoisotopic (exact) mass is 243 g/mol. The molecule has 1 aromatic carbocycles. The van der Waals surface area contributed by atoms with Crippen molar-refractivity contribution in [2.75, 3.05) is 5.32 Å². The van der Waals surface area contributed by atoms with E-state index in [1.165, 1.54) is 11.1 Å². The number of aromatic amines is 1. The van der Waals surface area contributed by atoms with Gasteiger partial charge in [0.1, 0.15) is 0 Å². The van der Waals surface area contributed by atoms with Crippen LogP contribution in [0.15, 0.2) is 23.0 Å². The molecule has 0 fully saturated rings. The van der Waals surface area contributed by atoms with Gasteiger partial charge in [0.15, 0.2) is 0 Å². The Labute approximate surface area is 106 Å². The largest absolute Gasteiger partial charge is 0.326 e. The van der Waals surface area contributed by atoms with Gasteiger partial charge in [-0.1, -0.05) is 6.07 Å². The highest BCUT2D eigenvalue weighted by atomic mass is 16.1. The summed E-state index contributed by atoms with van der Waals surface area (Å²) in [5.74, 6) is 0.478. The van der Waals surface area contributed by atoms with E-state index in [-0.39, 0.29) is 5.56 Å². The number of benzene rings is 1. The maximum Gasteiger partial charge on any atom is 0.255 e. The van der Waals surface area contributed by atoms with Crippen LogP contribution in [0.4, 0.5) is 11.6 Å². The fraction of sp³-hybridized carbons (Fsp3) is 0.286. The Morgan fingerprint density at radius 3 is 2.44 bits per heavy atom. The zero-order chi connectivity index (χ0) is 13.3. The number of H-pyrrole nitrogens is 1. The maximum absolute atomic E-state index is 11.6. The second-order valence-corrected chi connectivity index (χ2v) is 4.55. The predicted molar refractivity (Wildman–Crippen MR) is 73.5 cm³/mol. The van der Waals surface area contributed by atoms with Crippen molar-refractivity contribution < 1.29 is 0 Å². The molecule has 0 saturated heterocycles. The quantitative estimate of drug-likeness (QED) is 0.852. The van der Waals surface area contributed by atoms with Crippen LogP contribution in [0, 0.1) is 27.7 Å². The van der Waals surface area contributed by atoms with Gasteiger partial charge in [-0.2, -0.15) is 0 Å². The molecule has 2 aromatic rings. The van der Waals surface area contributed by atoms with Gasteiger partial charge in [0.25, 0.3) is 5.56 Å². The third kappa shape index (κ3) is 2.42. The topological polar surface area (TPSA) is 57.8 Å². The molecule has 0 bridgehead atoms. The second kappa shape index (κ2) is 4.64. The summed E-state index contributed by atoms with van der Waals surface area (Å²) in [6.07, 6.45) is 0. The molecule has 2 rings (SSSR count). The molecule has 1 heterocycles. The molecular weight excluding hydrogens is 226 g/mol. The minimum Gasteiger partial charge on any atom is -0.326 e. The molecule has 0 aliphatic carbocycles. The Balaban J connectivity index is 2.34. The van der Waals surface area contributed by atoms with Crippen molar-refractivity contribution in [1.29, 1.82) is 0 Å². The second-order valence-electron chi connectivity index (χ2n) is 4.55. The van der Waals surface area contributed by atoms with E-state index in [2.05, 4.69) is 29.1 Å². The molecule has 0 radical (unpaired) electrons. The van der Waals surface area contributed by atoms with Gasteiger partial charge in [-0.25, -0.2) is 4.98 Å². The van der Waals surface area contributed by atoms with E-state index >= 15 is 0 Å². The third-order valence-corrected chi connectivity index (χ3v) is 3.16. The van der Waals surface area contributed by atoms with Gasteiger partial charge in [-0.15, -0.1) is 0 Å². The number of aromatic nitrogens is 2. The lowest BCUT2D eigenvalue weighted by atomic mass is 10.1. The van der Waals surface area contributed by atoms with Crippen molar-refractivity contribution in [2.45, 2.75) is 27.7 Å². The van der Waals surface area contributed by atoms with E-state index in [1.807, 2.05) is 25.1 Å². The van der Waals surface area contributed by atoms with E-state index in [1.54, 1.807) is 6.92 Å². The van der Waals surface area contributed by atoms with Crippen LogP contribution in [0.25, 0.3) is 0 Å². The zero-order valence-electron chi connectivity index (χ0n) is 11.1. The van der Waals surface area contributed by atoms with E-state index in [0.717, 1.165) is 11.4 Å². The molecule has 0 amide bonds. The van der Waals surface area contributed by atoms with Crippen molar-refractivity contribution in [3.8, 4) is 0 Å². The Hall–Kier alpha value is -2.10. The van der Waals surface area contributed by atoms with E-state index in [0.29, 0.717) is 11.5 Å². The SMILES string of the molecule is Cc1ccc(Nc2nc(C)c(C)c(=O)[nH]2)cc1C. The smallest absolute Gasteiger partial charge is 0.255 e. The van der Waals surface area contributed by atoms with Crippen molar-refractivity contribution in [1.82, 2.24) is 9.97 Å². The summed E-state index contributed by atoms with van der Waals surface area (Å²) >= 11 is 0. The number of nitrogens with one attached hydrogen (secondary N) is 2. The Bertz CT molecular complexity index is 644. The van der Waals surface area contributed by atoms with Crippen molar-refractivity contribution in [3.63, 3.8) is 0 Å². The summed E-state index contributed by atoms with van der Waals surface area (Å²) in [6.45, 7) is 7.71. The molecule has 18 heavy (non-hydrogen) atoms. The minimum atomic E-state index is -0.103. The number of aryl methyl sites for hydroxylation is 3. The average Bonchev–Trinajstić information content (AvgIpc) is 2.31. The lowest BCUT2D eigenvalue weighted by molar-refractivity contribution is 1.03. The zero-order valence-corrected chi connectivity index (χ0v) is 11.1.